The second kappa shape index (κ2) is 5.62. The van der Waals surface area contributed by atoms with Gasteiger partial charge in [0.25, 0.3) is 0 Å². The summed E-state index contributed by atoms with van der Waals surface area (Å²) in [7, 11) is 0. The molecule has 5 heteroatoms. The highest BCUT2D eigenvalue weighted by Gasteiger charge is 2.38. The zero-order valence-electron chi connectivity index (χ0n) is 13.9. The summed E-state index contributed by atoms with van der Waals surface area (Å²) in [6.45, 7) is 1.85. The number of aromatic amines is 1. The van der Waals surface area contributed by atoms with Gasteiger partial charge in [0.15, 0.2) is 0 Å². The highest BCUT2D eigenvalue weighted by atomic mass is 16.2. The molecule has 0 spiro atoms. The number of amides is 1. The number of fused-ring (bicyclic) bond motifs is 2. The fraction of sp³-hybridized carbons (Fsp3) is 0.300. The van der Waals surface area contributed by atoms with Crippen molar-refractivity contribution in [3.05, 3.63) is 54.1 Å². The molecule has 25 heavy (non-hydrogen) atoms. The number of hydrogen-bond acceptors (Lipinski definition) is 3. The van der Waals surface area contributed by atoms with Crippen molar-refractivity contribution in [2.24, 2.45) is 5.92 Å². The van der Waals surface area contributed by atoms with Crippen LogP contribution in [-0.4, -0.2) is 29.0 Å². The number of para-hydroxylation sites is 3. The van der Waals surface area contributed by atoms with Gasteiger partial charge in [0.2, 0.25) is 11.9 Å². The summed E-state index contributed by atoms with van der Waals surface area (Å²) in [5, 5.41) is 3.03. The summed E-state index contributed by atoms with van der Waals surface area (Å²) in [5.74, 6) is 1.48. The van der Waals surface area contributed by atoms with Crippen LogP contribution in [0.3, 0.4) is 0 Å². The lowest BCUT2D eigenvalue weighted by Crippen LogP contribution is -2.37. The first kappa shape index (κ1) is 14.5. The van der Waals surface area contributed by atoms with Crippen LogP contribution in [0.1, 0.15) is 24.3 Å². The number of aromatic nitrogens is 2. The second-order valence-electron chi connectivity index (χ2n) is 6.96. The van der Waals surface area contributed by atoms with E-state index in [9.17, 15) is 4.79 Å². The SMILES string of the molecule is O=C1Nc2ccccc2C1C1CCN(c2nc3ccccc3[nH]2)CC1. The average Bonchev–Trinajstić information content (AvgIpc) is 3.22. The predicted molar refractivity (Wildman–Crippen MR) is 98.8 cm³/mol. The topological polar surface area (TPSA) is 61.0 Å². The number of carbonyl (C=O) groups excluding carboxylic acids is 1. The summed E-state index contributed by atoms with van der Waals surface area (Å²) >= 11 is 0. The van der Waals surface area contributed by atoms with Crippen molar-refractivity contribution in [2.45, 2.75) is 18.8 Å². The maximum absolute atomic E-state index is 12.5. The quantitative estimate of drug-likeness (QED) is 0.755. The molecular formula is C20H20N4O. The maximum Gasteiger partial charge on any atom is 0.232 e. The minimum absolute atomic E-state index is 0.00553. The number of anilines is 2. The van der Waals surface area contributed by atoms with E-state index >= 15 is 0 Å². The Kier molecular flexibility index (Phi) is 3.26. The first-order valence-electron chi connectivity index (χ1n) is 8.89. The fourth-order valence-corrected chi connectivity index (χ4v) is 4.24. The van der Waals surface area contributed by atoms with Crippen molar-refractivity contribution in [2.75, 3.05) is 23.3 Å². The third kappa shape index (κ3) is 2.38. The van der Waals surface area contributed by atoms with Crippen LogP contribution in [0.2, 0.25) is 0 Å². The summed E-state index contributed by atoms with van der Waals surface area (Å²) in [4.78, 5) is 22.9. The van der Waals surface area contributed by atoms with Gasteiger partial charge < -0.3 is 15.2 Å². The number of nitrogens with zero attached hydrogens (tertiary/aromatic N) is 2. The standard InChI is InChI=1S/C20H20N4O/c25-19-18(14-5-1-2-6-15(14)21-19)13-9-11-24(12-10-13)20-22-16-7-3-4-8-17(16)23-20/h1-8,13,18H,9-12H2,(H,21,25)(H,22,23). The number of imidazole rings is 1. The Labute approximate surface area is 146 Å². The summed E-state index contributed by atoms with van der Waals surface area (Å²) in [6.07, 6.45) is 2.01. The highest BCUT2D eigenvalue weighted by Crippen LogP contribution is 2.41. The van der Waals surface area contributed by atoms with Crippen LogP contribution in [-0.2, 0) is 4.79 Å². The molecule has 1 saturated heterocycles. The zero-order chi connectivity index (χ0) is 16.8. The van der Waals surface area contributed by atoms with Crippen LogP contribution in [0.5, 0.6) is 0 Å². The lowest BCUT2D eigenvalue weighted by Gasteiger charge is -2.34. The van der Waals surface area contributed by atoms with Gasteiger partial charge in [0.1, 0.15) is 0 Å². The van der Waals surface area contributed by atoms with Crippen LogP contribution in [0, 0.1) is 5.92 Å². The number of hydrogen-bond donors (Lipinski definition) is 2. The van der Waals surface area contributed by atoms with Crippen molar-refractivity contribution in [1.29, 1.82) is 0 Å². The number of nitrogens with one attached hydrogen (secondary N) is 2. The molecule has 5 nitrogen and oxygen atoms in total. The molecule has 1 atom stereocenters. The van der Waals surface area contributed by atoms with E-state index in [1.165, 1.54) is 0 Å². The minimum Gasteiger partial charge on any atom is -0.342 e. The predicted octanol–water partition coefficient (Wildman–Crippen LogP) is 3.52. The van der Waals surface area contributed by atoms with Crippen molar-refractivity contribution in [1.82, 2.24) is 9.97 Å². The molecule has 2 aliphatic heterocycles. The Bertz CT molecular complexity index is 907. The molecule has 3 aromatic rings. The summed E-state index contributed by atoms with van der Waals surface area (Å²) < 4.78 is 0. The van der Waals surface area contributed by atoms with Crippen LogP contribution >= 0.6 is 0 Å². The van der Waals surface area contributed by atoms with Crippen molar-refractivity contribution >= 4 is 28.6 Å². The Hall–Kier alpha value is -2.82. The van der Waals surface area contributed by atoms with Gasteiger partial charge in [-0.3, -0.25) is 4.79 Å². The van der Waals surface area contributed by atoms with E-state index in [-0.39, 0.29) is 11.8 Å². The van der Waals surface area contributed by atoms with E-state index in [4.69, 9.17) is 4.98 Å². The van der Waals surface area contributed by atoms with Gasteiger partial charge >= 0.3 is 0 Å². The first-order chi connectivity index (χ1) is 12.3. The van der Waals surface area contributed by atoms with E-state index in [0.29, 0.717) is 5.92 Å². The Balaban J connectivity index is 1.34. The van der Waals surface area contributed by atoms with Crippen molar-refractivity contribution < 1.29 is 4.79 Å². The van der Waals surface area contributed by atoms with Crippen LogP contribution < -0.4 is 10.2 Å². The molecule has 0 aliphatic carbocycles. The van der Waals surface area contributed by atoms with Gasteiger partial charge in [0.05, 0.1) is 17.0 Å². The lowest BCUT2D eigenvalue weighted by molar-refractivity contribution is -0.118. The molecule has 1 aromatic heterocycles. The second-order valence-corrected chi connectivity index (χ2v) is 6.96. The van der Waals surface area contributed by atoms with Gasteiger partial charge in [-0.2, -0.15) is 0 Å². The molecule has 0 radical (unpaired) electrons. The fourth-order valence-electron chi connectivity index (χ4n) is 4.24. The highest BCUT2D eigenvalue weighted by molar-refractivity contribution is 6.03. The molecule has 1 amide bonds. The number of carbonyl (C=O) groups is 1. The molecule has 126 valence electrons. The lowest BCUT2D eigenvalue weighted by atomic mass is 9.81. The van der Waals surface area contributed by atoms with Gasteiger partial charge in [-0.05, 0) is 42.5 Å². The van der Waals surface area contributed by atoms with Gasteiger partial charge in [-0.1, -0.05) is 30.3 Å². The molecule has 1 unspecified atom stereocenters. The maximum atomic E-state index is 12.5. The molecule has 0 saturated carbocycles. The normalized spacial score (nSPS) is 20.7. The number of H-pyrrole nitrogens is 1. The molecular weight excluding hydrogens is 312 g/mol. The zero-order valence-corrected chi connectivity index (χ0v) is 13.9. The van der Waals surface area contributed by atoms with E-state index in [1.54, 1.807) is 0 Å². The number of piperidine rings is 1. The average molecular weight is 332 g/mol. The summed E-state index contributed by atoms with van der Waals surface area (Å²) in [5.41, 5.74) is 4.22. The van der Waals surface area contributed by atoms with Gasteiger partial charge in [-0.25, -0.2) is 4.98 Å². The monoisotopic (exact) mass is 332 g/mol. The first-order valence-corrected chi connectivity index (χ1v) is 8.89. The third-order valence-corrected chi connectivity index (χ3v) is 5.52. The van der Waals surface area contributed by atoms with Gasteiger partial charge in [-0.15, -0.1) is 0 Å². The molecule has 3 heterocycles. The Morgan fingerprint density at radius 1 is 1.00 bits per heavy atom. The van der Waals surface area contributed by atoms with Crippen LogP contribution in [0.25, 0.3) is 11.0 Å². The molecule has 5 rings (SSSR count). The van der Waals surface area contributed by atoms with Crippen molar-refractivity contribution in [3.8, 4) is 0 Å². The van der Waals surface area contributed by atoms with E-state index in [2.05, 4.69) is 27.3 Å². The number of rotatable bonds is 2. The molecule has 0 bridgehead atoms. The third-order valence-electron chi connectivity index (χ3n) is 5.52. The van der Waals surface area contributed by atoms with Gasteiger partial charge in [0, 0.05) is 18.8 Å². The van der Waals surface area contributed by atoms with Crippen LogP contribution in [0.15, 0.2) is 48.5 Å². The molecule has 1 fully saturated rings. The molecule has 2 N–H and O–H groups in total. The van der Waals surface area contributed by atoms with Crippen molar-refractivity contribution in [3.63, 3.8) is 0 Å². The number of benzene rings is 2. The van der Waals surface area contributed by atoms with Crippen LogP contribution in [0.4, 0.5) is 11.6 Å². The smallest absolute Gasteiger partial charge is 0.232 e. The summed E-state index contributed by atoms with van der Waals surface area (Å²) in [6, 6.07) is 16.2. The molecule has 2 aliphatic rings. The Morgan fingerprint density at radius 2 is 1.76 bits per heavy atom. The van der Waals surface area contributed by atoms with E-state index in [0.717, 1.165) is 54.2 Å². The molecule has 2 aromatic carbocycles. The Morgan fingerprint density at radius 3 is 2.60 bits per heavy atom. The van der Waals surface area contributed by atoms with E-state index in [1.807, 2.05) is 36.4 Å². The largest absolute Gasteiger partial charge is 0.342 e. The van der Waals surface area contributed by atoms with E-state index < -0.39 is 0 Å². The minimum atomic E-state index is -0.00553.